The molecule has 0 amide bonds. The van der Waals surface area contributed by atoms with Crippen LogP contribution in [0.5, 0.6) is 0 Å². The fourth-order valence-electron chi connectivity index (χ4n) is 1.44. The van der Waals surface area contributed by atoms with Crippen molar-refractivity contribution in [3.8, 4) is 6.07 Å². The van der Waals surface area contributed by atoms with Gasteiger partial charge in [-0.1, -0.05) is 12.1 Å². The zero-order chi connectivity index (χ0) is 11.8. The summed E-state index contributed by atoms with van der Waals surface area (Å²) in [6.45, 7) is 7.04. The molecular weight excluding hydrogens is 198 g/mol. The SMILES string of the molecule is C=CCCCOCc1ccc(C#N)cc1C. The molecule has 2 nitrogen and oxygen atoms in total. The quantitative estimate of drug-likeness (QED) is 0.538. The van der Waals surface area contributed by atoms with Crippen molar-refractivity contribution in [3.05, 3.63) is 47.5 Å². The zero-order valence-electron chi connectivity index (χ0n) is 9.70. The van der Waals surface area contributed by atoms with Crippen LogP contribution in [0.4, 0.5) is 0 Å². The number of ether oxygens (including phenoxy) is 1. The fraction of sp³-hybridized carbons (Fsp3) is 0.357. The predicted octanol–water partition coefficient (Wildman–Crippen LogP) is 3.35. The number of unbranched alkanes of at least 4 members (excludes halogenated alkanes) is 1. The number of hydrogen-bond donors (Lipinski definition) is 0. The molecule has 0 heterocycles. The number of rotatable bonds is 6. The van der Waals surface area contributed by atoms with E-state index in [1.54, 1.807) is 0 Å². The van der Waals surface area contributed by atoms with Crippen LogP contribution in [0.3, 0.4) is 0 Å². The van der Waals surface area contributed by atoms with Crippen molar-refractivity contribution in [2.24, 2.45) is 0 Å². The summed E-state index contributed by atoms with van der Waals surface area (Å²) in [4.78, 5) is 0. The Morgan fingerprint density at radius 1 is 1.50 bits per heavy atom. The van der Waals surface area contributed by atoms with Crippen molar-refractivity contribution >= 4 is 0 Å². The molecule has 0 bridgehead atoms. The van der Waals surface area contributed by atoms with E-state index in [2.05, 4.69) is 12.6 Å². The molecule has 84 valence electrons. The smallest absolute Gasteiger partial charge is 0.0991 e. The minimum atomic E-state index is 0.620. The molecule has 0 N–H and O–H groups in total. The largest absolute Gasteiger partial charge is 0.377 e. The van der Waals surface area contributed by atoms with E-state index in [4.69, 9.17) is 10.00 Å². The molecule has 0 fully saturated rings. The Morgan fingerprint density at radius 2 is 2.31 bits per heavy atom. The molecule has 1 aromatic carbocycles. The minimum Gasteiger partial charge on any atom is -0.377 e. The van der Waals surface area contributed by atoms with Gasteiger partial charge in [0.05, 0.1) is 18.2 Å². The monoisotopic (exact) mass is 215 g/mol. The van der Waals surface area contributed by atoms with E-state index in [9.17, 15) is 0 Å². The second kappa shape index (κ2) is 6.81. The highest BCUT2D eigenvalue weighted by Gasteiger charge is 1.99. The molecule has 0 saturated heterocycles. The van der Waals surface area contributed by atoms with Crippen LogP contribution < -0.4 is 0 Å². The molecule has 0 spiro atoms. The van der Waals surface area contributed by atoms with Gasteiger partial charge in [0.15, 0.2) is 0 Å². The van der Waals surface area contributed by atoms with Gasteiger partial charge in [-0.25, -0.2) is 0 Å². The van der Waals surface area contributed by atoms with Crippen molar-refractivity contribution < 1.29 is 4.74 Å². The average Bonchev–Trinajstić information content (AvgIpc) is 2.30. The van der Waals surface area contributed by atoms with Gasteiger partial charge in [-0.15, -0.1) is 6.58 Å². The lowest BCUT2D eigenvalue weighted by atomic mass is 10.1. The van der Waals surface area contributed by atoms with Gasteiger partial charge >= 0.3 is 0 Å². The third-order valence-corrected chi connectivity index (χ3v) is 2.43. The summed E-state index contributed by atoms with van der Waals surface area (Å²) in [5, 5.41) is 8.74. The molecule has 0 aliphatic carbocycles. The van der Waals surface area contributed by atoms with Crippen LogP contribution in [0, 0.1) is 18.3 Å². The second-order valence-electron chi connectivity index (χ2n) is 3.74. The highest BCUT2D eigenvalue weighted by molar-refractivity contribution is 5.37. The Balaban J connectivity index is 2.43. The molecule has 1 aromatic rings. The van der Waals surface area contributed by atoms with Crippen LogP contribution in [0.15, 0.2) is 30.9 Å². The van der Waals surface area contributed by atoms with Crippen LogP contribution in [0.25, 0.3) is 0 Å². The van der Waals surface area contributed by atoms with Crippen molar-refractivity contribution in [1.29, 1.82) is 5.26 Å². The topological polar surface area (TPSA) is 33.0 Å². The van der Waals surface area contributed by atoms with Gasteiger partial charge < -0.3 is 4.74 Å². The number of nitrogens with zero attached hydrogens (tertiary/aromatic N) is 1. The van der Waals surface area contributed by atoms with Crippen LogP contribution >= 0.6 is 0 Å². The van der Waals surface area contributed by atoms with Crippen molar-refractivity contribution in [2.45, 2.75) is 26.4 Å². The maximum absolute atomic E-state index is 8.74. The van der Waals surface area contributed by atoms with E-state index >= 15 is 0 Å². The molecule has 0 saturated carbocycles. The minimum absolute atomic E-state index is 0.620. The van der Waals surface area contributed by atoms with E-state index in [0.717, 1.165) is 30.6 Å². The summed E-state index contributed by atoms with van der Waals surface area (Å²) in [7, 11) is 0. The van der Waals surface area contributed by atoms with Gasteiger partial charge in [-0.05, 0) is 43.0 Å². The molecule has 0 aromatic heterocycles. The summed E-state index contributed by atoms with van der Waals surface area (Å²) in [5.41, 5.74) is 2.97. The second-order valence-corrected chi connectivity index (χ2v) is 3.74. The molecule has 2 heteroatoms. The summed E-state index contributed by atoms with van der Waals surface area (Å²) in [6, 6.07) is 7.81. The van der Waals surface area contributed by atoms with Gasteiger partial charge in [-0.3, -0.25) is 0 Å². The molecule has 0 unspecified atom stereocenters. The molecule has 1 rings (SSSR count). The van der Waals surface area contributed by atoms with Crippen LogP contribution in [0.1, 0.15) is 29.5 Å². The Kier molecular flexibility index (Phi) is 5.31. The Morgan fingerprint density at radius 3 is 2.94 bits per heavy atom. The van der Waals surface area contributed by atoms with E-state index in [1.807, 2.05) is 31.2 Å². The standard InChI is InChI=1S/C14H17NO/c1-3-4-5-8-16-11-14-7-6-13(10-15)9-12(14)2/h3,6-7,9H,1,4-5,8,11H2,2H3. The van der Waals surface area contributed by atoms with Gasteiger partial charge in [0.2, 0.25) is 0 Å². The maximum Gasteiger partial charge on any atom is 0.0991 e. The molecule has 0 radical (unpaired) electrons. The van der Waals surface area contributed by atoms with Gasteiger partial charge in [0, 0.05) is 6.61 Å². The summed E-state index contributed by atoms with van der Waals surface area (Å²) in [6.07, 6.45) is 3.90. The third kappa shape index (κ3) is 3.88. The average molecular weight is 215 g/mol. The van der Waals surface area contributed by atoms with E-state index in [-0.39, 0.29) is 0 Å². The first-order valence-electron chi connectivity index (χ1n) is 5.46. The summed E-state index contributed by atoms with van der Waals surface area (Å²) < 4.78 is 5.55. The number of benzene rings is 1. The molecule has 0 aliphatic rings. The normalized spacial score (nSPS) is 9.75. The van der Waals surface area contributed by atoms with E-state index < -0.39 is 0 Å². The Labute approximate surface area is 97.2 Å². The highest BCUT2D eigenvalue weighted by Crippen LogP contribution is 2.11. The maximum atomic E-state index is 8.74. The first-order valence-corrected chi connectivity index (χ1v) is 5.46. The molecular formula is C14H17NO. The number of hydrogen-bond acceptors (Lipinski definition) is 2. The first kappa shape index (κ1) is 12.5. The third-order valence-electron chi connectivity index (χ3n) is 2.43. The lowest BCUT2D eigenvalue weighted by Crippen LogP contribution is -1.97. The van der Waals surface area contributed by atoms with Crippen molar-refractivity contribution in [1.82, 2.24) is 0 Å². The lowest BCUT2D eigenvalue weighted by molar-refractivity contribution is 0.119. The van der Waals surface area contributed by atoms with E-state index in [0.29, 0.717) is 12.2 Å². The Hall–Kier alpha value is -1.59. The van der Waals surface area contributed by atoms with Gasteiger partial charge in [0.1, 0.15) is 0 Å². The van der Waals surface area contributed by atoms with Gasteiger partial charge in [0.25, 0.3) is 0 Å². The van der Waals surface area contributed by atoms with Crippen molar-refractivity contribution in [2.75, 3.05) is 6.61 Å². The number of allylic oxidation sites excluding steroid dienone is 1. The fourth-order valence-corrected chi connectivity index (χ4v) is 1.44. The van der Waals surface area contributed by atoms with Crippen LogP contribution in [0.2, 0.25) is 0 Å². The summed E-state index contributed by atoms with van der Waals surface area (Å²) in [5.74, 6) is 0. The molecule has 0 aliphatic heterocycles. The van der Waals surface area contributed by atoms with Gasteiger partial charge in [-0.2, -0.15) is 5.26 Å². The molecule has 16 heavy (non-hydrogen) atoms. The van der Waals surface area contributed by atoms with E-state index in [1.165, 1.54) is 0 Å². The number of nitriles is 1. The van der Waals surface area contributed by atoms with Crippen LogP contribution in [-0.2, 0) is 11.3 Å². The lowest BCUT2D eigenvalue weighted by Gasteiger charge is -2.07. The zero-order valence-corrected chi connectivity index (χ0v) is 9.70. The number of aryl methyl sites for hydroxylation is 1. The summed E-state index contributed by atoms with van der Waals surface area (Å²) >= 11 is 0. The predicted molar refractivity (Wildman–Crippen MR) is 65.0 cm³/mol. The van der Waals surface area contributed by atoms with Crippen molar-refractivity contribution in [3.63, 3.8) is 0 Å². The van der Waals surface area contributed by atoms with Crippen LogP contribution in [-0.4, -0.2) is 6.61 Å². The Bertz CT molecular complexity index is 390. The first-order chi connectivity index (χ1) is 7.77. The molecule has 0 atom stereocenters. The highest BCUT2D eigenvalue weighted by atomic mass is 16.5.